The zero-order valence-corrected chi connectivity index (χ0v) is 17.9. The lowest BCUT2D eigenvalue weighted by atomic mass is 10.2. The third-order valence-electron chi connectivity index (χ3n) is 4.10. The molecule has 2 heterocycles. The number of anilines is 2. The number of rotatable bonds is 8. The standard InChI is InChI=1S/C19H21N7O3.C2H6/c1-11(27)3-2-8-21-17(28)12-4-6-13(7-5-12)22-9-14-10-23-16-15(24-14)18(29)26-19(20)25-16;1-2/h4-7,10,22H,2-3,8-9H2,1H3,(H,21,28)(H3,20,23,25,26,29);1-2H3. The first-order valence-corrected chi connectivity index (χ1v) is 10.1. The van der Waals surface area contributed by atoms with Crippen LogP contribution in [0.15, 0.2) is 35.3 Å². The van der Waals surface area contributed by atoms with Gasteiger partial charge in [-0.3, -0.25) is 14.6 Å². The third kappa shape index (κ3) is 6.88. The zero-order valence-electron chi connectivity index (χ0n) is 17.9. The van der Waals surface area contributed by atoms with Crippen molar-refractivity contribution in [3.05, 3.63) is 52.1 Å². The summed E-state index contributed by atoms with van der Waals surface area (Å²) < 4.78 is 0. The number of aromatic nitrogens is 4. The number of ketones is 1. The highest BCUT2D eigenvalue weighted by Gasteiger charge is 2.08. The molecular weight excluding hydrogens is 398 g/mol. The quantitative estimate of drug-likeness (QED) is 0.399. The topological polar surface area (TPSA) is 156 Å². The molecule has 0 unspecified atom stereocenters. The van der Waals surface area contributed by atoms with Crippen molar-refractivity contribution in [1.82, 2.24) is 25.3 Å². The smallest absolute Gasteiger partial charge is 0.280 e. The number of hydrogen-bond acceptors (Lipinski definition) is 8. The second kappa shape index (κ2) is 11.4. The number of Topliss-reactive ketones (excluding diaryl/α,β-unsaturated/α-hetero) is 1. The van der Waals surface area contributed by atoms with Gasteiger partial charge < -0.3 is 21.2 Å². The van der Waals surface area contributed by atoms with Crippen LogP contribution in [-0.2, 0) is 11.3 Å². The van der Waals surface area contributed by atoms with Crippen molar-refractivity contribution in [3.8, 4) is 0 Å². The van der Waals surface area contributed by atoms with Gasteiger partial charge in [-0.25, -0.2) is 9.97 Å². The van der Waals surface area contributed by atoms with E-state index in [0.29, 0.717) is 37.2 Å². The van der Waals surface area contributed by atoms with E-state index in [2.05, 4.69) is 30.6 Å². The van der Waals surface area contributed by atoms with Crippen molar-refractivity contribution in [2.45, 2.75) is 40.2 Å². The molecule has 1 amide bonds. The Morgan fingerprint density at radius 2 is 1.84 bits per heavy atom. The van der Waals surface area contributed by atoms with E-state index >= 15 is 0 Å². The molecule has 0 atom stereocenters. The summed E-state index contributed by atoms with van der Waals surface area (Å²) in [6, 6.07) is 6.94. The Bertz CT molecular complexity index is 1090. The maximum Gasteiger partial charge on any atom is 0.280 e. The molecule has 3 aromatic rings. The Morgan fingerprint density at radius 3 is 2.52 bits per heavy atom. The van der Waals surface area contributed by atoms with Gasteiger partial charge >= 0.3 is 0 Å². The van der Waals surface area contributed by atoms with Crippen LogP contribution in [0.5, 0.6) is 0 Å². The van der Waals surface area contributed by atoms with Gasteiger partial charge in [0.25, 0.3) is 11.5 Å². The Hall–Kier alpha value is -3.82. The number of amides is 1. The summed E-state index contributed by atoms with van der Waals surface area (Å²) in [4.78, 5) is 49.6. The van der Waals surface area contributed by atoms with Crippen molar-refractivity contribution in [2.75, 3.05) is 17.6 Å². The van der Waals surface area contributed by atoms with Gasteiger partial charge in [-0.2, -0.15) is 4.98 Å². The van der Waals surface area contributed by atoms with E-state index in [1.165, 1.54) is 13.1 Å². The number of carbonyl (C=O) groups is 2. The number of nitrogens with zero attached hydrogens (tertiary/aromatic N) is 3. The second-order valence-electron chi connectivity index (χ2n) is 6.48. The predicted octanol–water partition coefficient (Wildman–Crippen LogP) is 2.03. The van der Waals surface area contributed by atoms with Gasteiger partial charge in [0.05, 0.1) is 18.4 Å². The fourth-order valence-electron chi connectivity index (χ4n) is 2.63. The lowest BCUT2D eigenvalue weighted by Gasteiger charge is -2.08. The van der Waals surface area contributed by atoms with E-state index in [-0.39, 0.29) is 28.8 Å². The van der Waals surface area contributed by atoms with Crippen LogP contribution in [0.2, 0.25) is 0 Å². The SMILES string of the molecule is CC.CC(=O)CCCNC(=O)c1ccc(NCc2cnc3nc(N)[nH]c(=O)c3n2)cc1. The molecule has 31 heavy (non-hydrogen) atoms. The molecule has 0 aliphatic heterocycles. The fourth-order valence-corrected chi connectivity index (χ4v) is 2.63. The summed E-state index contributed by atoms with van der Waals surface area (Å²) in [6.45, 7) is 6.32. The molecule has 0 aliphatic rings. The highest BCUT2D eigenvalue weighted by Crippen LogP contribution is 2.11. The molecule has 164 valence electrons. The number of H-pyrrole nitrogens is 1. The average Bonchev–Trinajstić information content (AvgIpc) is 2.77. The zero-order chi connectivity index (χ0) is 22.8. The van der Waals surface area contributed by atoms with Gasteiger partial charge in [-0.05, 0) is 37.6 Å². The van der Waals surface area contributed by atoms with Crippen LogP contribution >= 0.6 is 0 Å². The van der Waals surface area contributed by atoms with Gasteiger partial charge in [-0.1, -0.05) is 13.8 Å². The van der Waals surface area contributed by atoms with Crippen LogP contribution in [0.25, 0.3) is 11.2 Å². The molecule has 0 aliphatic carbocycles. The summed E-state index contributed by atoms with van der Waals surface area (Å²) >= 11 is 0. The summed E-state index contributed by atoms with van der Waals surface area (Å²) in [7, 11) is 0. The van der Waals surface area contributed by atoms with Gasteiger partial charge in [-0.15, -0.1) is 0 Å². The van der Waals surface area contributed by atoms with Gasteiger partial charge in [0, 0.05) is 24.2 Å². The molecule has 0 saturated heterocycles. The molecule has 0 fully saturated rings. The summed E-state index contributed by atoms with van der Waals surface area (Å²) in [6.07, 6.45) is 2.60. The van der Waals surface area contributed by atoms with Gasteiger partial charge in [0.1, 0.15) is 5.78 Å². The summed E-state index contributed by atoms with van der Waals surface area (Å²) in [5, 5.41) is 5.94. The van der Waals surface area contributed by atoms with Crippen LogP contribution in [-0.4, -0.2) is 38.2 Å². The number of benzene rings is 1. The minimum Gasteiger partial charge on any atom is -0.379 e. The second-order valence-corrected chi connectivity index (χ2v) is 6.48. The van der Waals surface area contributed by atoms with Crippen molar-refractivity contribution in [2.24, 2.45) is 0 Å². The monoisotopic (exact) mass is 425 g/mol. The lowest BCUT2D eigenvalue weighted by molar-refractivity contribution is -0.117. The third-order valence-corrected chi connectivity index (χ3v) is 4.10. The van der Waals surface area contributed by atoms with Crippen LogP contribution in [0.1, 0.15) is 49.7 Å². The van der Waals surface area contributed by atoms with E-state index in [9.17, 15) is 14.4 Å². The number of fused-ring (bicyclic) bond motifs is 1. The largest absolute Gasteiger partial charge is 0.379 e. The minimum absolute atomic E-state index is 0.00865. The van der Waals surface area contributed by atoms with Crippen LogP contribution < -0.4 is 21.9 Å². The normalized spacial score (nSPS) is 10.2. The van der Waals surface area contributed by atoms with E-state index in [0.717, 1.165) is 5.69 Å². The highest BCUT2D eigenvalue weighted by atomic mass is 16.1. The summed E-state index contributed by atoms with van der Waals surface area (Å²) in [5.41, 5.74) is 7.22. The Morgan fingerprint density at radius 1 is 1.13 bits per heavy atom. The average molecular weight is 425 g/mol. The molecule has 5 N–H and O–H groups in total. The number of nitrogen functional groups attached to an aromatic ring is 1. The molecule has 10 heteroatoms. The van der Waals surface area contributed by atoms with Crippen molar-refractivity contribution in [1.29, 1.82) is 0 Å². The van der Waals surface area contributed by atoms with Crippen molar-refractivity contribution >= 4 is 34.5 Å². The number of nitrogens with two attached hydrogens (primary N) is 1. The molecule has 2 aromatic heterocycles. The molecule has 0 saturated carbocycles. The van der Waals surface area contributed by atoms with Crippen molar-refractivity contribution in [3.63, 3.8) is 0 Å². The molecule has 0 radical (unpaired) electrons. The van der Waals surface area contributed by atoms with E-state index < -0.39 is 5.56 Å². The molecule has 3 rings (SSSR count). The first-order chi connectivity index (χ1) is 14.9. The molecule has 0 bridgehead atoms. The Balaban J connectivity index is 0.00000166. The number of aromatic amines is 1. The Kier molecular flexibility index (Phi) is 8.62. The van der Waals surface area contributed by atoms with Crippen LogP contribution in [0, 0.1) is 0 Å². The van der Waals surface area contributed by atoms with Gasteiger partial charge in [0.2, 0.25) is 5.95 Å². The van der Waals surface area contributed by atoms with Gasteiger partial charge in [0.15, 0.2) is 11.2 Å². The molecule has 0 spiro atoms. The predicted molar refractivity (Wildman–Crippen MR) is 120 cm³/mol. The van der Waals surface area contributed by atoms with Crippen LogP contribution in [0.4, 0.5) is 11.6 Å². The van der Waals surface area contributed by atoms with Crippen LogP contribution in [0.3, 0.4) is 0 Å². The van der Waals surface area contributed by atoms with E-state index in [1.807, 2.05) is 13.8 Å². The molecule has 10 nitrogen and oxygen atoms in total. The fraction of sp³-hybridized carbons (Fsp3) is 0.333. The highest BCUT2D eigenvalue weighted by molar-refractivity contribution is 5.94. The van der Waals surface area contributed by atoms with E-state index in [4.69, 9.17) is 5.73 Å². The number of hydrogen-bond donors (Lipinski definition) is 4. The lowest BCUT2D eigenvalue weighted by Crippen LogP contribution is -2.24. The molecule has 1 aromatic carbocycles. The maximum atomic E-state index is 12.1. The molecular formula is C21H27N7O3. The number of carbonyl (C=O) groups excluding carboxylic acids is 2. The minimum atomic E-state index is -0.444. The summed E-state index contributed by atoms with van der Waals surface area (Å²) in [5.74, 6) is -0.0899. The first kappa shape index (κ1) is 23.5. The van der Waals surface area contributed by atoms with Crippen molar-refractivity contribution < 1.29 is 9.59 Å². The number of nitrogens with one attached hydrogen (secondary N) is 3. The first-order valence-electron chi connectivity index (χ1n) is 10.1. The Labute approximate surface area is 179 Å². The van der Waals surface area contributed by atoms with E-state index in [1.54, 1.807) is 24.3 Å². The maximum absolute atomic E-state index is 12.1.